The van der Waals surface area contributed by atoms with Crippen LogP contribution in [0.3, 0.4) is 0 Å². The number of allylic oxidation sites excluding steroid dienone is 1. The largest absolute Gasteiger partial charge is 0.0795 e. The summed E-state index contributed by atoms with van der Waals surface area (Å²) in [6.07, 6.45) is 5.50. The highest BCUT2D eigenvalue weighted by atomic mass is 14.0. The van der Waals surface area contributed by atoms with E-state index in [4.69, 9.17) is 0 Å². The molecule has 1 aromatic rings. The Kier molecular flexibility index (Phi) is 3.51. The molecule has 76 valence electrons. The Labute approximate surface area is 87.7 Å². The zero-order chi connectivity index (χ0) is 10.6. The molecule has 0 saturated heterocycles. The molecule has 0 aromatic heterocycles. The van der Waals surface area contributed by atoms with Crippen LogP contribution in [0, 0.1) is 5.41 Å². The Balaban J connectivity index is 0.000000171. The lowest BCUT2D eigenvalue weighted by atomic mass is 10.0. The average Bonchev–Trinajstić information content (AvgIpc) is 2.47. The first-order valence-electron chi connectivity index (χ1n) is 5.21. The van der Waals surface area contributed by atoms with Crippen molar-refractivity contribution in [1.82, 2.24) is 0 Å². The first kappa shape index (κ1) is 11.0. The van der Waals surface area contributed by atoms with E-state index in [1.54, 1.807) is 0 Å². The number of fused-ring (bicyclic) bond motifs is 1. The van der Waals surface area contributed by atoms with E-state index in [1.165, 1.54) is 11.1 Å². The standard InChI is InChI=1S/C9H8.C5H12/c1-2-5-9-7-3-6-8(9)4-1;1-5(2,3)4/h1-6H,7H2;1-4H3. The molecule has 0 saturated carbocycles. The second-order valence-corrected chi connectivity index (χ2v) is 5.31. The molecule has 0 radical (unpaired) electrons. The van der Waals surface area contributed by atoms with Gasteiger partial charge >= 0.3 is 0 Å². The summed E-state index contributed by atoms with van der Waals surface area (Å²) < 4.78 is 0. The molecular formula is C14H20. The summed E-state index contributed by atoms with van der Waals surface area (Å²) in [7, 11) is 0. The first-order valence-corrected chi connectivity index (χ1v) is 5.21. The maximum atomic E-state index is 2.20. The van der Waals surface area contributed by atoms with E-state index in [1.807, 2.05) is 0 Å². The lowest BCUT2D eigenvalue weighted by molar-refractivity contribution is 0.469. The van der Waals surface area contributed by atoms with Gasteiger partial charge in [-0.05, 0) is 23.0 Å². The zero-order valence-corrected chi connectivity index (χ0v) is 9.67. The molecule has 1 aliphatic carbocycles. The molecule has 0 heterocycles. The van der Waals surface area contributed by atoms with Crippen LogP contribution < -0.4 is 0 Å². The molecular weight excluding hydrogens is 168 g/mol. The highest BCUT2D eigenvalue weighted by molar-refractivity contribution is 5.59. The zero-order valence-electron chi connectivity index (χ0n) is 9.67. The van der Waals surface area contributed by atoms with E-state index in [0.29, 0.717) is 5.41 Å². The molecule has 0 N–H and O–H groups in total. The summed E-state index contributed by atoms with van der Waals surface area (Å²) in [6.45, 7) is 8.75. The van der Waals surface area contributed by atoms with Gasteiger partial charge < -0.3 is 0 Å². The summed E-state index contributed by atoms with van der Waals surface area (Å²) in [5, 5.41) is 0. The number of hydrogen-bond acceptors (Lipinski definition) is 0. The molecule has 0 aliphatic heterocycles. The molecule has 0 unspecified atom stereocenters. The second-order valence-electron chi connectivity index (χ2n) is 5.31. The lowest BCUT2D eigenvalue weighted by Gasteiger charge is -2.05. The predicted octanol–water partition coefficient (Wildman–Crippen LogP) is 4.31. The van der Waals surface area contributed by atoms with Gasteiger partial charge in [0.05, 0.1) is 0 Å². The highest BCUT2D eigenvalue weighted by Gasteiger charge is 2.00. The molecule has 0 atom stereocenters. The summed E-state index contributed by atoms with van der Waals surface area (Å²) in [4.78, 5) is 0. The van der Waals surface area contributed by atoms with E-state index >= 15 is 0 Å². The van der Waals surface area contributed by atoms with Crippen molar-refractivity contribution in [2.45, 2.75) is 34.1 Å². The highest BCUT2D eigenvalue weighted by Crippen LogP contribution is 2.17. The van der Waals surface area contributed by atoms with E-state index in [-0.39, 0.29) is 0 Å². The Bertz CT molecular complexity index is 307. The van der Waals surface area contributed by atoms with Gasteiger partial charge in [0.25, 0.3) is 0 Å². The van der Waals surface area contributed by atoms with Crippen molar-refractivity contribution < 1.29 is 0 Å². The van der Waals surface area contributed by atoms with Crippen molar-refractivity contribution in [3.8, 4) is 0 Å². The maximum Gasteiger partial charge on any atom is -0.00882 e. The van der Waals surface area contributed by atoms with E-state index in [9.17, 15) is 0 Å². The Hall–Kier alpha value is -1.04. The molecule has 0 nitrogen and oxygen atoms in total. The summed E-state index contributed by atoms with van der Waals surface area (Å²) in [5.41, 5.74) is 3.34. The van der Waals surface area contributed by atoms with Crippen LogP contribution in [0.15, 0.2) is 30.3 Å². The molecule has 0 fully saturated rings. The quantitative estimate of drug-likeness (QED) is 0.569. The van der Waals surface area contributed by atoms with E-state index in [2.05, 4.69) is 64.1 Å². The van der Waals surface area contributed by atoms with Gasteiger partial charge in [0.15, 0.2) is 0 Å². The minimum absolute atomic E-state index is 0.500. The third kappa shape index (κ3) is 4.27. The third-order valence-corrected chi connectivity index (χ3v) is 1.69. The Morgan fingerprint density at radius 3 is 2.14 bits per heavy atom. The van der Waals surface area contributed by atoms with Crippen LogP contribution in [0.2, 0.25) is 0 Å². The molecule has 14 heavy (non-hydrogen) atoms. The van der Waals surface area contributed by atoms with Crippen LogP contribution >= 0.6 is 0 Å². The summed E-state index contributed by atoms with van der Waals surface area (Å²) in [6, 6.07) is 8.49. The van der Waals surface area contributed by atoms with E-state index in [0.717, 1.165) is 6.42 Å². The van der Waals surface area contributed by atoms with Crippen molar-refractivity contribution in [1.29, 1.82) is 0 Å². The minimum atomic E-state index is 0.500. The van der Waals surface area contributed by atoms with Gasteiger partial charge in [0.2, 0.25) is 0 Å². The van der Waals surface area contributed by atoms with Gasteiger partial charge in [-0.3, -0.25) is 0 Å². The van der Waals surface area contributed by atoms with Gasteiger partial charge in [-0.25, -0.2) is 0 Å². The second kappa shape index (κ2) is 4.45. The minimum Gasteiger partial charge on any atom is -0.0795 e. The number of hydrogen-bond donors (Lipinski definition) is 0. The van der Waals surface area contributed by atoms with Crippen LogP contribution in [0.25, 0.3) is 6.08 Å². The molecule has 2 rings (SSSR count). The van der Waals surface area contributed by atoms with Crippen molar-refractivity contribution in [3.05, 3.63) is 41.5 Å². The Morgan fingerprint density at radius 1 is 1.00 bits per heavy atom. The van der Waals surface area contributed by atoms with Crippen molar-refractivity contribution in [3.63, 3.8) is 0 Å². The summed E-state index contributed by atoms with van der Waals surface area (Å²) >= 11 is 0. The Morgan fingerprint density at radius 2 is 1.57 bits per heavy atom. The van der Waals surface area contributed by atoms with Crippen LogP contribution in [0.5, 0.6) is 0 Å². The predicted molar refractivity (Wildman–Crippen MR) is 64.3 cm³/mol. The van der Waals surface area contributed by atoms with Gasteiger partial charge in [-0.1, -0.05) is 64.1 Å². The molecule has 0 bridgehead atoms. The normalized spacial score (nSPS) is 13.1. The molecule has 0 heteroatoms. The fraction of sp³-hybridized carbons (Fsp3) is 0.429. The van der Waals surface area contributed by atoms with Gasteiger partial charge in [0.1, 0.15) is 0 Å². The lowest BCUT2D eigenvalue weighted by Crippen LogP contribution is -1.93. The molecule has 1 aromatic carbocycles. The first-order chi connectivity index (χ1) is 6.47. The monoisotopic (exact) mass is 188 g/mol. The maximum absolute atomic E-state index is 2.20. The van der Waals surface area contributed by atoms with Crippen molar-refractivity contribution in [2.24, 2.45) is 5.41 Å². The van der Waals surface area contributed by atoms with Gasteiger partial charge in [-0.15, -0.1) is 0 Å². The van der Waals surface area contributed by atoms with Crippen LogP contribution in [0.1, 0.15) is 38.8 Å². The van der Waals surface area contributed by atoms with Crippen LogP contribution in [-0.4, -0.2) is 0 Å². The van der Waals surface area contributed by atoms with Crippen molar-refractivity contribution in [2.75, 3.05) is 0 Å². The van der Waals surface area contributed by atoms with Gasteiger partial charge in [-0.2, -0.15) is 0 Å². The molecule has 0 spiro atoms. The number of benzene rings is 1. The van der Waals surface area contributed by atoms with Gasteiger partial charge in [0, 0.05) is 0 Å². The molecule has 1 aliphatic rings. The smallest absolute Gasteiger partial charge is 0.00882 e. The SMILES string of the molecule is C1=Cc2ccccc2C1.CC(C)(C)C. The van der Waals surface area contributed by atoms with Crippen molar-refractivity contribution >= 4 is 6.08 Å². The van der Waals surface area contributed by atoms with Crippen LogP contribution in [-0.2, 0) is 6.42 Å². The van der Waals surface area contributed by atoms with E-state index < -0.39 is 0 Å². The fourth-order valence-electron chi connectivity index (χ4n) is 1.20. The topological polar surface area (TPSA) is 0 Å². The average molecular weight is 188 g/mol. The number of rotatable bonds is 0. The molecule has 0 amide bonds. The third-order valence-electron chi connectivity index (χ3n) is 1.69. The van der Waals surface area contributed by atoms with Crippen LogP contribution in [0.4, 0.5) is 0 Å². The summed E-state index contributed by atoms with van der Waals surface area (Å²) in [5.74, 6) is 0. The fourth-order valence-corrected chi connectivity index (χ4v) is 1.20.